The number of amides is 1. The summed E-state index contributed by atoms with van der Waals surface area (Å²) in [6.45, 7) is 7.83. The molecule has 0 bridgehead atoms. The molecule has 0 aliphatic carbocycles. The van der Waals surface area contributed by atoms with Gasteiger partial charge < -0.3 is 13.9 Å². The number of carbonyl (C=O) groups is 2. The van der Waals surface area contributed by atoms with Gasteiger partial charge in [0.05, 0.1) is 0 Å². The van der Waals surface area contributed by atoms with Crippen LogP contribution in [0.3, 0.4) is 0 Å². The molecule has 29 heavy (non-hydrogen) atoms. The van der Waals surface area contributed by atoms with Gasteiger partial charge >= 0.3 is 17.7 Å². The van der Waals surface area contributed by atoms with Crippen LogP contribution in [-0.2, 0) is 16.0 Å². The van der Waals surface area contributed by atoms with Crippen molar-refractivity contribution >= 4 is 23.0 Å². The molecule has 0 spiro atoms. The van der Waals surface area contributed by atoms with Gasteiger partial charge in [-0.1, -0.05) is 13.3 Å². The van der Waals surface area contributed by atoms with Crippen LogP contribution in [0, 0.1) is 0 Å². The van der Waals surface area contributed by atoms with Crippen molar-refractivity contribution in [3.8, 4) is 5.75 Å². The molecule has 156 valence electrons. The predicted molar refractivity (Wildman–Crippen MR) is 108 cm³/mol. The number of fused-ring (bicyclic) bond motifs is 1. The maximum Gasteiger partial charge on any atom is 0.411 e. The van der Waals surface area contributed by atoms with E-state index in [9.17, 15) is 14.4 Å². The number of hydrogen-bond acceptors (Lipinski definition) is 6. The summed E-state index contributed by atoms with van der Waals surface area (Å²) < 4.78 is 16.2. The Hall–Kier alpha value is -2.83. The molecule has 1 aliphatic heterocycles. The smallest absolute Gasteiger partial charge is 0.411 e. The zero-order valence-electron chi connectivity index (χ0n) is 17.3. The van der Waals surface area contributed by atoms with Crippen LogP contribution < -0.4 is 10.4 Å². The minimum atomic E-state index is -0.695. The molecule has 1 aromatic heterocycles. The topological polar surface area (TPSA) is 86.0 Å². The summed E-state index contributed by atoms with van der Waals surface area (Å²) >= 11 is 0. The fourth-order valence-electron chi connectivity index (χ4n) is 3.48. The summed E-state index contributed by atoms with van der Waals surface area (Å²) in [6, 6.07) is 5.80. The first kappa shape index (κ1) is 20.9. The maximum atomic E-state index is 12.7. The number of rotatable bonds is 4. The van der Waals surface area contributed by atoms with E-state index in [4.69, 9.17) is 13.9 Å². The summed E-state index contributed by atoms with van der Waals surface area (Å²) in [5, 5.41) is 0.822. The van der Waals surface area contributed by atoms with Gasteiger partial charge in [-0.3, -0.25) is 4.90 Å². The quantitative estimate of drug-likeness (QED) is 0.436. The van der Waals surface area contributed by atoms with Crippen molar-refractivity contribution in [2.45, 2.75) is 65.0 Å². The molecule has 2 aromatic rings. The van der Waals surface area contributed by atoms with E-state index in [1.807, 2.05) is 6.92 Å². The van der Waals surface area contributed by atoms with E-state index < -0.39 is 29.3 Å². The Balaban J connectivity index is 1.78. The van der Waals surface area contributed by atoms with Gasteiger partial charge in [-0.05, 0) is 57.7 Å². The Bertz CT molecular complexity index is 971. The first-order valence-corrected chi connectivity index (χ1v) is 9.96. The highest BCUT2D eigenvalue weighted by Gasteiger charge is 2.37. The van der Waals surface area contributed by atoms with Crippen molar-refractivity contribution in [2.75, 3.05) is 6.54 Å². The van der Waals surface area contributed by atoms with E-state index in [0.29, 0.717) is 25.0 Å². The molecule has 1 atom stereocenters. The highest BCUT2D eigenvalue weighted by atomic mass is 16.6. The van der Waals surface area contributed by atoms with Crippen LogP contribution >= 0.6 is 0 Å². The Kier molecular flexibility index (Phi) is 5.96. The zero-order valence-corrected chi connectivity index (χ0v) is 17.3. The number of likely N-dealkylation sites (tertiary alicyclic amines) is 1. The lowest BCUT2D eigenvalue weighted by Gasteiger charge is -2.27. The van der Waals surface area contributed by atoms with Gasteiger partial charge in [-0.2, -0.15) is 0 Å². The molecule has 1 aromatic carbocycles. The minimum absolute atomic E-state index is 0.273. The molecule has 0 saturated carbocycles. The SMILES string of the molecule is CCCc1cc(=O)oc2cc(OC(=O)[C@@H]3CCCN3C(=O)OC(C)(C)C)ccc12. The molecule has 1 fully saturated rings. The van der Waals surface area contributed by atoms with E-state index in [2.05, 4.69) is 0 Å². The monoisotopic (exact) mass is 401 g/mol. The number of benzene rings is 1. The van der Waals surface area contributed by atoms with Crippen LogP contribution in [0.5, 0.6) is 5.75 Å². The van der Waals surface area contributed by atoms with Gasteiger partial charge in [0, 0.05) is 24.1 Å². The highest BCUT2D eigenvalue weighted by Crippen LogP contribution is 2.26. The molecule has 1 amide bonds. The van der Waals surface area contributed by atoms with Crippen molar-refractivity contribution in [1.82, 2.24) is 4.90 Å². The number of aryl methyl sites for hydroxylation is 1. The molecule has 0 radical (unpaired) electrons. The fourth-order valence-corrected chi connectivity index (χ4v) is 3.48. The Morgan fingerprint density at radius 3 is 2.69 bits per heavy atom. The van der Waals surface area contributed by atoms with Gasteiger partial charge in [0.15, 0.2) is 0 Å². The molecule has 1 aliphatic rings. The molecule has 1 saturated heterocycles. The van der Waals surface area contributed by atoms with Gasteiger partial charge in [-0.25, -0.2) is 14.4 Å². The number of nitrogens with zero attached hydrogens (tertiary/aromatic N) is 1. The molecule has 0 N–H and O–H groups in total. The second-order valence-electron chi connectivity index (χ2n) is 8.25. The third kappa shape index (κ3) is 4.96. The Morgan fingerprint density at radius 1 is 1.24 bits per heavy atom. The average molecular weight is 401 g/mol. The first-order chi connectivity index (χ1) is 13.7. The lowest BCUT2D eigenvalue weighted by Crippen LogP contribution is -2.44. The van der Waals surface area contributed by atoms with Crippen molar-refractivity contribution in [3.63, 3.8) is 0 Å². The third-order valence-corrected chi connectivity index (χ3v) is 4.69. The largest absolute Gasteiger partial charge is 0.444 e. The van der Waals surface area contributed by atoms with Crippen molar-refractivity contribution < 1.29 is 23.5 Å². The highest BCUT2D eigenvalue weighted by molar-refractivity contribution is 5.86. The normalized spacial score (nSPS) is 16.8. The molecule has 2 heterocycles. The second kappa shape index (κ2) is 8.27. The molecule has 7 heteroatoms. The summed E-state index contributed by atoms with van der Waals surface area (Å²) in [5.74, 6) is -0.255. The summed E-state index contributed by atoms with van der Waals surface area (Å²) in [7, 11) is 0. The summed E-state index contributed by atoms with van der Waals surface area (Å²) in [4.78, 5) is 38.3. The summed E-state index contributed by atoms with van der Waals surface area (Å²) in [5.41, 5.74) is 0.210. The van der Waals surface area contributed by atoms with Crippen LogP contribution in [0.15, 0.2) is 33.5 Å². The van der Waals surface area contributed by atoms with Gasteiger partial charge in [0.2, 0.25) is 0 Å². The molecular formula is C22H27NO6. The van der Waals surface area contributed by atoms with Crippen LogP contribution in [-0.4, -0.2) is 35.2 Å². The van der Waals surface area contributed by atoms with E-state index >= 15 is 0 Å². The van der Waals surface area contributed by atoms with Gasteiger partial charge in [0.1, 0.15) is 23.0 Å². The first-order valence-electron chi connectivity index (χ1n) is 9.96. The third-order valence-electron chi connectivity index (χ3n) is 4.69. The molecule has 0 unspecified atom stereocenters. The van der Waals surface area contributed by atoms with E-state index in [0.717, 1.165) is 23.8 Å². The number of ether oxygens (including phenoxy) is 2. The lowest BCUT2D eigenvalue weighted by molar-refractivity contribution is -0.139. The summed E-state index contributed by atoms with van der Waals surface area (Å²) in [6.07, 6.45) is 2.35. The van der Waals surface area contributed by atoms with Crippen LogP contribution in [0.4, 0.5) is 4.79 Å². The van der Waals surface area contributed by atoms with Crippen molar-refractivity contribution in [3.05, 3.63) is 40.2 Å². The number of hydrogen-bond donors (Lipinski definition) is 0. The fraction of sp³-hybridized carbons (Fsp3) is 0.500. The lowest BCUT2D eigenvalue weighted by atomic mass is 10.1. The van der Waals surface area contributed by atoms with Crippen LogP contribution in [0.2, 0.25) is 0 Å². The molecule has 3 rings (SSSR count). The number of esters is 1. The van der Waals surface area contributed by atoms with Crippen molar-refractivity contribution in [1.29, 1.82) is 0 Å². The molecule has 7 nitrogen and oxygen atoms in total. The van der Waals surface area contributed by atoms with Gasteiger partial charge in [-0.15, -0.1) is 0 Å². The predicted octanol–water partition coefficient (Wildman–Crippen LogP) is 4.05. The zero-order chi connectivity index (χ0) is 21.2. The number of carbonyl (C=O) groups excluding carboxylic acids is 2. The van der Waals surface area contributed by atoms with Gasteiger partial charge in [0.25, 0.3) is 0 Å². The van der Waals surface area contributed by atoms with E-state index in [-0.39, 0.29) is 5.75 Å². The Morgan fingerprint density at radius 2 is 2.00 bits per heavy atom. The standard InChI is InChI=1S/C22H27NO6/c1-5-7-14-12-19(24)28-18-13-15(9-10-16(14)18)27-20(25)17-8-6-11-23(17)21(26)29-22(2,3)4/h9-10,12-13,17H,5-8,11H2,1-4H3/t17-/m0/s1. The average Bonchev–Trinajstić information content (AvgIpc) is 3.10. The van der Waals surface area contributed by atoms with Crippen LogP contribution in [0.25, 0.3) is 11.0 Å². The van der Waals surface area contributed by atoms with E-state index in [1.165, 1.54) is 11.0 Å². The Labute approximate surface area is 169 Å². The second-order valence-corrected chi connectivity index (χ2v) is 8.25. The molecular weight excluding hydrogens is 374 g/mol. The van der Waals surface area contributed by atoms with Crippen LogP contribution in [0.1, 0.15) is 52.5 Å². The van der Waals surface area contributed by atoms with E-state index in [1.54, 1.807) is 39.0 Å². The maximum absolute atomic E-state index is 12.7. The van der Waals surface area contributed by atoms with Crippen molar-refractivity contribution in [2.24, 2.45) is 0 Å². The minimum Gasteiger partial charge on any atom is -0.444 e.